The summed E-state index contributed by atoms with van der Waals surface area (Å²) in [6, 6.07) is 15.3. The minimum atomic E-state index is 0.0887. The van der Waals surface area contributed by atoms with E-state index in [0.717, 1.165) is 12.2 Å². The largest absolute Gasteiger partial charge is 0.323 e. The molecule has 1 unspecified atom stereocenters. The molecule has 0 aromatic heterocycles. The summed E-state index contributed by atoms with van der Waals surface area (Å²) in [5.74, 6) is 0.912. The van der Waals surface area contributed by atoms with Gasteiger partial charge >= 0.3 is 0 Å². The third kappa shape index (κ3) is 3.87. The Balaban J connectivity index is 2.00. The number of thioether (sulfide) groups is 1. The van der Waals surface area contributed by atoms with Gasteiger partial charge in [0.1, 0.15) is 0 Å². The second-order valence-corrected chi connectivity index (χ2v) is 6.34. The van der Waals surface area contributed by atoms with Crippen LogP contribution in [0.4, 0.5) is 0 Å². The minimum absolute atomic E-state index is 0.0887. The number of nitrogens with two attached hydrogens (primary N) is 1. The molecule has 20 heavy (non-hydrogen) atoms. The highest BCUT2D eigenvalue weighted by molar-refractivity contribution is 7.99. The molecule has 0 aliphatic heterocycles. The van der Waals surface area contributed by atoms with E-state index in [-0.39, 0.29) is 6.04 Å². The maximum absolute atomic E-state index is 6.30. The number of hydrogen-bond acceptors (Lipinski definition) is 2. The van der Waals surface area contributed by atoms with Crippen LogP contribution in [0.15, 0.2) is 47.4 Å². The van der Waals surface area contributed by atoms with Gasteiger partial charge in [0.25, 0.3) is 0 Å². The number of hydrogen-bond donors (Lipinski definition) is 1. The first-order chi connectivity index (χ1) is 9.60. The van der Waals surface area contributed by atoms with Crippen molar-refractivity contribution in [3.05, 3.63) is 64.7 Å². The average Bonchev–Trinajstić information content (AvgIpc) is 2.48. The van der Waals surface area contributed by atoms with Crippen molar-refractivity contribution in [1.29, 1.82) is 0 Å². The molecular weight excluding hydrogens is 262 g/mol. The molecule has 0 bridgehead atoms. The van der Waals surface area contributed by atoms with Crippen LogP contribution in [0.1, 0.15) is 35.2 Å². The van der Waals surface area contributed by atoms with Gasteiger partial charge in [0.2, 0.25) is 0 Å². The van der Waals surface area contributed by atoms with Crippen molar-refractivity contribution in [2.45, 2.75) is 38.1 Å². The van der Waals surface area contributed by atoms with Gasteiger partial charge < -0.3 is 5.73 Å². The van der Waals surface area contributed by atoms with E-state index in [0.29, 0.717) is 0 Å². The van der Waals surface area contributed by atoms with E-state index in [1.807, 2.05) is 11.8 Å². The van der Waals surface area contributed by atoms with Crippen molar-refractivity contribution in [3.63, 3.8) is 0 Å². The first-order valence-corrected chi connectivity index (χ1v) is 8.13. The molecule has 2 aromatic carbocycles. The zero-order valence-corrected chi connectivity index (χ0v) is 13.3. The van der Waals surface area contributed by atoms with Crippen LogP contribution in [0.5, 0.6) is 0 Å². The summed E-state index contributed by atoms with van der Waals surface area (Å²) in [5, 5.41) is 0. The topological polar surface area (TPSA) is 26.0 Å². The third-order valence-corrected chi connectivity index (χ3v) is 4.85. The van der Waals surface area contributed by atoms with E-state index < -0.39 is 0 Å². The summed E-state index contributed by atoms with van der Waals surface area (Å²) in [6.07, 6.45) is 1.08. The van der Waals surface area contributed by atoms with Crippen LogP contribution in [-0.2, 0) is 6.42 Å². The summed E-state index contributed by atoms with van der Waals surface area (Å²) in [7, 11) is 0. The van der Waals surface area contributed by atoms with Gasteiger partial charge in [-0.05, 0) is 43.0 Å². The number of rotatable bonds is 5. The van der Waals surface area contributed by atoms with Gasteiger partial charge in [-0.1, -0.05) is 48.9 Å². The molecule has 0 amide bonds. The number of aryl methyl sites for hydroxylation is 3. The Morgan fingerprint density at radius 3 is 2.40 bits per heavy atom. The van der Waals surface area contributed by atoms with E-state index in [4.69, 9.17) is 5.73 Å². The minimum Gasteiger partial charge on any atom is -0.323 e. The molecule has 2 heteroatoms. The highest BCUT2D eigenvalue weighted by Gasteiger charge is 2.08. The standard InChI is InChI=1S/C18H23NS/c1-4-15-7-9-16(10-8-15)17(19)12-20-18-11-13(2)5-6-14(18)3/h5-11,17H,4,12,19H2,1-3H3. The molecule has 2 rings (SSSR count). The van der Waals surface area contributed by atoms with Crippen molar-refractivity contribution in [2.75, 3.05) is 5.75 Å². The predicted molar refractivity (Wildman–Crippen MR) is 89.4 cm³/mol. The Kier molecular flexibility index (Phi) is 5.27. The van der Waals surface area contributed by atoms with Gasteiger partial charge in [-0.2, -0.15) is 0 Å². The highest BCUT2D eigenvalue weighted by atomic mass is 32.2. The fourth-order valence-corrected chi connectivity index (χ4v) is 3.26. The molecule has 0 heterocycles. The van der Waals surface area contributed by atoms with E-state index >= 15 is 0 Å². The molecule has 0 radical (unpaired) electrons. The molecule has 0 saturated heterocycles. The first-order valence-electron chi connectivity index (χ1n) is 7.14. The average molecular weight is 285 g/mol. The molecule has 0 spiro atoms. The van der Waals surface area contributed by atoms with Crippen LogP contribution in [-0.4, -0.2) is 5.75 Å². The first kappa shape index (κ1) is 15.1. The summed E-state index contributed by atoms with van der Waals surface area (Å²) >= 11 is 1.85. The van der Waals surface area contributed by atoms with Gasteiger partial charge in [-0.3, -0.25) is 0 Å². The second kappa shape index (κ2) is 6.96. The summed E-state index contributed by atoms with van der Waals surface area (Å²) in [4.78, 5) is 1.34. The predicted octanol–water partition coefficient (Wildman–Crippen LogP) is 4.66. The Morgan fingerprint density at radius 2 is 1.75 bits per heavy atom. The Labute approximate surface area is 126 Å². The maximum Gasteiger partial charge on any atom is 0.0390 e. The van der Waals surface area contributed by atoms with E-state index in [9.17, 15) is 0 Å². The Hall–Kier alpha value is -1.25. The zero-order valence-electron chi connectivity index (χ0n) is 12.5. The van der Waals surface area contributed by atoms with Crippen LogP contribution in [0.25, 0.3) is 0 Å². The monoisotopic (exact) mass is 285 g/mol. The smallest absolute Gasteiger partial charge is 0.0390 e. The molecule has 2 N–H and O–H groups in total. The van der Waals surface area contributed by atoms with Crippen molar-refractivity contribution < 1.29 is 0 Å². The summed E-state index contributed by atoms with van der Waals surface area (Å²) in [6.45, 7) is 6.46. The van der Waals surface area contributed by atoms with Crippen LogP contribution in [0.2, 0.25) is 0 Å². The molecule has 106 valence electrons. The Morgan fingerprint density at radius 1 is 1.05 bits per heavy atom. The lowest BCUT2D eigenvalue weighted by atomic mass is 10.1. The van der Waals surface area contributed by atoms with Crippen molar-refractivity contribution >= 4 is 11.8 Å². The normalized spacial score (nSPS) is 12.4. The molecule has 0 aliphatic carbocycles. The highest BCUT2D eigenvalue weighted by Crippen LogP contribution is 2.27. The van der Waals surface area contributed by atoms with Gasteiger partial charge in [-0.25, -0.2) is 0 Å². The molecule has 0 fully saturated rings. The van der Waals surface area contributed by atoms with Crippen molar-refractivity contribution in [2.24, 2.45) is 5.73 Å². The van der Waals surface area contributed by atoms with Crippen LogP contribution >= 0.6 is 11.8 Å². The fraction of sp³-hybridized carbons (Fsp3) is 0.333. The van der Waals surface area contributed by atoms with E-state index in [1.54, 1.807) is 0 Å². The molecule has 1 atom stereocenters. The lowest BCUT2D eigenvalue weighted by Crippen LogP contribution is -2.13. The zero-order chi connectivity index (χ0) is 14.5. The van der Waals surface area contributed by atoms with Crippen molar-refractivity contribution in [1.82, 2.24) is 0 Å². The van der Waals surface area contributed by atoms with Gasteiger partial charge in [0.15, 0.2) is 0 Å². The second-order valence-electron chi connectivity index (χ2n) is 5.28. The molecular formula is C18H23NS. The lowest BCUT2D eigenvalue weighted by Gasteiger charge is -2.13. The quantitative estimate of drug-likeness (QED) is 0.809. The molecule has 2 aromatic rings. The van der Waals surface area contributed by atoms with Gasteiger partial charge in [-0.15, -0.1) is 11.8 Å². The molecule has 0 saturated carbocycles. The van der Waals surface area contributed by atoms with Crippen LogP contribution < -0.4 is 5.73 Å². The molecule has 1 nitrogen and oxygen atoms in total. The Bertz CT molecular complexity index is 560. The summed E-state index contributed by atoms with van der Waals surface area (Å²) in [5.41, 5.74) is 11.5. The third-order valence-electron chi connectivity index (χ3n) is 3.58. The van der Waals surface area contributed by atoms with Gasteiger partial charge in [0, 0.05) is 16.7 Å². The lowest BCUT2D eigenvalue weighted by molar-refractivity contribution is 0.830. The van der Waals surface area contributed by atoms with Gasteiger partial charge in [0.05, 0.1) is 0 Å². The SMILES string of the molecule is CCc1ccc(C(N)CSc2cc(C)ccc2C)cc1. The van der Waals surface area contributed by atoms with E-state index in [1.165, 1.54) is 27.1 Å². The van der Waals surface area contributed by atoms with E-state index in [2.05, 4.69) is 63.2 Å². The van der Waals surface area contributed by atoms with Crippen LogP contribution in [0.3, 0.4) is 0 Å². The molecule has 0 aliphatic rings. The maximum atomic E-state index is 6.30. The summed E-state index contributed by atoms with van der Waals surface area (Å²) < 4.78 is 0. The van der Waals surface area contributed by atoms with Crippen LogP contribution in [0, 0.1) is 13.8 Å². The fourth-order valence-electron chi connectivity index (χ4n) is 2.14. The van der Waals surface area contributed by atoms with Crippen molar-refractivity contribution in [3.8, 4) is 0 Å². The number of benzene rings is 2.